The van der Waals surface area contributed by atoms with Gasteiger partial charge in [0, 0.05) is 10.9 Å². The Balaban J connectivity index is 2.24. The van der Waals surface area contributed by atoms with Crippen molar-refractivity contribution in [2.75, 3.05) is 6.54 Å². The zero-order valence-electron chi connectivity index (χ0n) is 10.2. The molecule has 0 amide bonds. The average molecular weight is 343 g/mol. The lowest BCUT2D eigenvalue weighted by Gasteiger charge is -2.16. The van der Waals surface area contributed by atoms with Gasteiger partial charge in [-0.1, -0.05) is 35.9 Å². The first kappa shape index (κ1) is 14.5. The standard InChI is InChI=1S/C15H14BrClFN/c16-15-11(2-1-3-14(15)18)8-12(9-19)10-4-6-13(17)7-5-10/h1-7,12H,8-9,19H2. The Hall–Kier alpha value is -0.900. The van der Waals surface area contributed by atoms with Crippen molar-refractivity contribution in [3.63, 3.8) is 0 Å². The smallest absolute Gasteiger partial charge is 0.137 e. The van der Waals surface area contributed by atoms with Gasteiger partial charge in [0.25, 0.3) is 0 Å². The molecule has 0 saturated heterocycles. The quantitative estimate of drug-likeness (QED) is 0.868. The van der Waals surface area contributed by atoms with Crippen LogP contribution in [0.25, 0.3) is 0 Å². The molecule has 0 aromatic heterocycles. The Kier molecular flexibility index (Phi) is 4.97. The lowest BCUT2D eigenvalue weighted by molar-refractivity contribution is 0.613. The van der Waals surface area contributed by atoms with Crippen molar-refractivity contribution in [2.24, 2.45) is 5.73 Å². The van der Waals surface area contributed by atoms with Gasteiger partial charge in [-0.05, 0) is 58.2 Å². The molecule has 1 atom stereocenters. The van der Waals surface area contributed by atoms with Crippen LogP contribution in [0.1, 0.15) is 17.0 Å². The molecular weight excluding hydrogens is 329 g/mol. The Labute approximate surface area is 125 Å². The van der Waals surface area contributed by atoms with E-state index in [0.717, 1.165) is 11.1 Å². The minimum atomic E-state index is -0.246. The second kappa shape index (κ2) is 6.51. The highest BCUT2D eigenvalue weighted by atomic mass is 79.9. The number of benzene rings is 2. The fourth-order valence-corrected chi connectivity index (χ4v) is 2.60. The number of hydrogen-bond donors (Lipinski definition) is 1. The Morgan fingerprint density at radius 2 is 1.84 bits per heavy atom. The van der Waals surface area contributed by atoms with E-state index in [4.69, 9.17) is 17.3 Å². The van der Waals surface area contributed by atoms with E-state index in [2.05, 4.69) is 15.9 Å². The van der Waals surface area contributed by atoms with Crippen LogP contribution in [0.2, 0.25) is 5.02 Å². The molecule has 4 heteroatoms. The van der Waals surface area contributed by atoms with Gasteiger partial charge in [0.2, 0.25) is 0 Å². The van der Waals surface area contributed by atoms with E-state index in [9.17, 15) is 4.39 Å². The van der Waals surface area contributed by atoms with Crippen LogP contribution in [-0.4, -0.2) is 6.54 Å². The number of hydrogen-bond acceptors (Lipinski definition) is 1. The summed E-state index contributed by atoms with van der Waals surface area (Å²) in [6.07, 6.45) is 0.691. The van der Waals surface area contributed by atoms with Gasteiger partial charge in [-0.3, -0.25) is 0 Å². The van der Waals surface area contributed by atoms with Gasteiger partial charge < -0.3 is 5.73 Å². The summed E-state index contributed by atoms with van der Waals surface area (Å²) in [6, 6.07) is 12.7. The SMILES string of the molecule is NCC(Cc1cccc(F)c1Br)c1ccc(Cl)cc1. The predicted octanol–water partition coefficient (Wildman–Crippen LogP) is 4.53. The first-order valence-electron chi connectivity index (χ1n) is 6.00. The van der Waals surface area contributed by atoms with Gasteiger partial charge in [0.15, 0.2) is 0 Å². The fourth-order valence-electron chi connectivity index (χ4n) is 2.04. The van der Waals surface area contributed by atoms with Crippen LogP contribution in [0.15, 0.2) is 46.9 Å². The molecule has 100 valence electrons. The molecule has 1 unspecified atom stereocenters. The maximum Gasteiger partial charge on any atom is 0.137 e. The first-order chi connectivity index (χ1) is 9.11. The molecule has 0 aliphatic heterocycles. The van der Waals surface area contributed by atoms with E-state index >= 15 is 0 Å². The minimum absolute atomic E-state index is 0.148. The second-order valence-corrected chi connectivity index (χ2v) is 5.63. The molecule has 2 aromatic rings. The lowest BCUT2D eigenvalue weighted by Crippen LogP contribution is -2.15. The van der Waals surface area contributed by atoms with Crippen LogP contribution in [0.4, 0.5) is 4.39 Å². The summed E-state index contributed by atoms with van der Waals surface area (Å²) in [5, 5.41) is 0.700. The van der Waals surface area contributed by atoms with Crippen LogP contribution >= 0.6 is 27.5 Å². The fraction of sp³-hybridized carbons (Fsp3) is 0.200. The Morgan fingerprint density at radius 1 is 1.16 bits per heavy atom. The number of halogens is 3. The third-order valence-electron chi connectivity index (χ3n) is 3.12. The molecule has 0 aliphatic carbocycles. The highest BCUT2D eigenvalue weighted by Gasteiger charge is 2.14. The van der Waals surface area contributed by atoms with Gasteiger partial charge in [0.1, 0.15) is 5.82 Å². The van der Waals surface area contributed by atoms with E-state index in [0.29, 0.717) is 22.5 Å². The maximum atomic E-state index is 13.5. The van der Waals surface area contributed by atoms with Crippen LogP contribution in [-0.2, 0) is 6.42 Å². The third-order valence-corrected chi connectivity index (χ3v) is 4.26. The molecule has 19 heavy (non-hydrogen) atoms. The van der Waals surface area contributed by atoms with Crippen molar-refractivity contribution in [3.8, 4) is 0 Å². The summed E-state index contributed by atoms with van der Waals surface area (Å²) in [5.41, 5.74) is 7.87. The summed E-state index contributed by atoms with van der Waals surface area (Å²) in [5.74, 6) is -0.0975. The molecule has 0 aliphatic rings. The van der Waals surface area contributed by atoms with Crippen molar-refractivity contribution >= 4 is 27.5 Å². The van der Waals surface area contributed by atoms with E-state index in [1.54, 1.807) is 6.07 Å². The molecule has 0 spiro atoms. The van der Waals surface area contributed by atoms with Gasteiger partial charge in [-0.25, -0.2) is 4.39 Å². The summed E-state index contributed by atoms with van der Waals surface area (Å²) in [4.78, 5) is 0. The van der Waals surface area contributed by atoms with Gasteiger partial charge in [0.05, 0.1) is 4.47 Å². The van der Waals surface area contributed by atoms with Crippen LogP contribution in [0, 0.1) is 5.82 Å². The molecule has 0 heterocycles. The topological polar surface area (TPSA) is 26.0 Å². The zero-order valence-corrected chi connectivity index (χ0v) is 12.6. The highest BCUT2D eigenvalue weighted by molar-refractivity contribution is 9.10. The molecule has 2 aromatic carbocycles. The third kappa shape index (κ3) is 3.56. The summed E-state index contributed by atoms with van der Waals surface area (Å²) < 4.78 is 14.0. The van der Waals surface area contributed by atoms with Crippen molar-refractivity contribution in [1.29, 1.82) is 0 Å². The Bertz CT molecular complexity index is 557. The molecule has 0 fully saturated rings. The van der Waals surface area contributed by atoms with Crippen LogP contribution < -0.4 is 5.73 Å². The first-order valence-corrected chi connectivity index (χ1v) is 7.17. The summed E-state index contributed by atoms with van der Waals surface area (Å²) in [6.45, 7) is 0.505. The summed E-state index contributed by atoms with van der Waals surface area (Å²) in [7, 11) is 0. The molecule has 2 N–H and O–H groups in total. The number of rotatable bonds is 4. The molecular formula is C15H14BrClFN. The van der Waals surface area contributed by atoms with E-state index in [-0.39, 0.29) is 11.7 Å². The van der Waals surface area contributed by atoms with E-state index in [1.807, 2.05) is 30.3 Å². The monoisotopic (exact) mass is 341 g/mol. The normalized spacial score (nSPS) is 12.4. The van der Waals surface area contributed by atoms with Gasteiger partial charge in [-0.2, -0.15) is 0 Å². The Morgan fingerprint density at radius 3 is 2.47 bits per heavy atom. The summed E-state index contributed by atoms with van der Waals surface area (Å²) >= 11 is 9.16. The van der Waals surface area contributed by atoms with E-state index < -0.39 is 0 Å². The van der Waals surface area contributed by atoms with E-state index in [1.165, 1.54) is 6.07 Å². The molecule has 1 nitrogen and oxygen atoms in total. The van der Waals surface area contributed by atoms with Crippen LogP contribution in [0.3, 0.4) is 0 Å². The highest BCUT2D eigenvalue weighted by Crippen LogP contribution is 2.27. The predicted molar refractivity (Wildman–Crippen MR) is 81.1 cm³/mol. The van der Waals surface area contributed by atoms with Crippen molar-refractivity contribution in [1.82, 2.24) is 0 Å². The minimum Gasteiger partial charge on any atom is -0.330 e. The number of nitrogens with two attached hydrogens (primary N) is 1. The second-order valence-electron chi connectivity index (χ2n) is 4.40. The van der Waals surface area contributed by atoms with Crippen molar-refractivity contribution in [3.05, 3.63) is 68.9 Å². The van der Waals surface area contributed by atoms with Crippen LogP contribution in [0.5, 0.6) is 0 Å². The van der Waals surface area contributed by atoms with Gasteiger partial charge in [-0.15, -0.1) is 0 Å². The average Bonchev–Trinajstić information content (AvgIpc) is 2.42. The van der Waals surface area contributed by atoms with Crippen molar-refractivity contribution < 1.29 is 4.39 Å². The van der Waals surface area contributed by atoms with Crippen molar-refractivity contribution in [2.45, 2.75) is 12.3 Å². The zero-order chi connectivity index (χ0) is 13.8. The molecule has 0 radical (unpaired) electrons. The lowest BCUT2D eigenvalue weighted by atomic mass is 9.92. The van der Waals surface area contributed by atoms with Gasteiger partial charge >= 0.3 is 0 Å². The maximum absolute atomic E-state index is 13.5. The molecule has 0 saturated carbocycles. The largest absolute Gasteiger partial charge is 0.330 e. The molecule has 0 bridgehead atoms. The molecule has 2 rings (SSSR count).